The minimum absolute atomic E-state index is 0.169. The van der Waals surface area contributed by atoms with Crippen LogP contribution in [-0.2, 0) is 21.6 Å². The number of rotatable bonds is 5. The molecule has 0 radical (unpaired) electrons. The third-order valence-electron chi connectivity index (χ3n) is 3.90. The van der Waals surface area contributed by atoms with Gasteiger partial charge < -0.3 is 4.74 Å². The third kappa shape index (κ3) is 3.11. The molecule has 106 valence electrons. The summed E-state index contributed by atoms with van der Waals surface area (Å²) in [6.45, 7) is 1.09. The quantitative estimate of drug-likeness (QED) is 0.834. The van der Waals surface area contributed by atoms with E-state index in [-0.39, 0.29) is 11.2 Å². The van der Waals surface area contributed by atoms with E-state index in [9.17, 15) is 4.79 Å². The lowest BCUT2D eigenvalue weighted by Crippen LogP contribution is -2.28. The zero-order chi connectivity index (χ0) is 14.5. The molecule has 0 aliphatic heterocycles. The third-order valence-corrected chi connectivity index (χ3v) is 3.90. The topological polar surface area (TPSA) is 26.3 Å². The van der Waals surface area contributed by atoms with Gasteiger partial charge >= 0.3 is 0 Å². The van der Waals surface area contributed by atoms with E-state index in [0.29, 0.717) is 19.6 Å². The predicted molar refractivity (Wildman–Crippen MR) is 83.0 cm³/mol. The summed E-state index contributed by atoms with van der Waals surface area (Å²) in [7, 11) is 0. The SMILES string of the molecule is O=C1C=C[C@@](COCc2ccccc2)(c2ccccc2)C1. The van der Waals surface area contributed by atoms with Gasteiger partial charge in [0.05, 0.1) is 13.2 Å². The Hall–Kier alpha value is -2.19. The first-order chi connectivity index (χ1) is 10.3. The Morgan fingerprint density at radius 2 is 1.62 bits per heavy atom. The fourth-order valence-electron chi connectivity index (χ4n) is 2.76. The van der Waals surface area contributed by atoms with E-state index in [1.54, 1.807) is 6.08 Å². The molecule has 0 N–H and O–H groups in total. The molecular weight excluding hydrogens is 260 g/mol. The highest BCUT2D eigenvalue weighted by Gasteiger charge is 2.35. The zero-order valence-corrected chi connectivity index (χ0v) is 11.9. The van der Waals surface area contributed by atoms with Crippen molar-refractivity contribution in [3.05, 3.63) is 83.9 Å². The lowest BCUT2D eigenvalue weighted by molar-refractivity contribution is -0.115. The van der Waals surface area contributed by atoms with Crippen LogP contribution < -0.4 is 0 Å². The standard InChI is InChI=1S/C19H18O2/c20-18-11-12-19(13-18,17-9-5-2-6-10-17)15-21-14-16-7-3-1-4-8-16/h1-12H,13-15H2/t19-/m1/s1. The number of hydrogen-bond acceptors (Lipinski definition) is 2. The molecule has 2 heteroatoms. The molecule has 0 unspecified atom stereocenters. The van der Waals surface area contributed by atoms with Gasteiger partial charge in [-0.15, -0.1) is 0 Å². The van der Waals surface area contributed by atoms with E-state index < -0.39 is 0 Å². The van der Waals surface area contributed by atoms with Crippen molar-refractivity contribution in [2.45, 2.75) is 18.4 Å². The molecule has 3 rings (SSSR count). The van der Waals surface area contributed by atoms with E-state index in [4.69, 9.17) is 4.74 Å². The summed E-state index contributed by atoms with van der Waals surface area (Å²) in [5.74, 6) is 0.169. The summed E-state index contributed by atoms with van der Waals surface area (Å²) in [6.07, 6.45) is 4.17. The first kappa shape index (κ1) is 13.8. The minimum atomic E-state index is -0.312. The maximum Gasteiger partial charge on any atom is 0.156 e. The van der Waals surface area contributed by atoms with Gasteiger partial charge in [-0.05, 0) is 17.2 Å². The molecule has 0 saturated heterocycles. The van der Waals surface area contributed by atoms with Gasteiger partial charge in [0, 0.05) is 11.8 Å². The zero-order valence-electron chi connectivity index (χ0n) is 11.9. The van der Waals surface area contributed by atoms with Gasteiger partial charge in [0.25, 0.3) is 0 Å². The van der Waals surface area contributed by atoms with Crippen molar-refractivity contribution in [1.29, 1.82) is 0 Å². The van der Waals surface area contributed by atoms with Crippen molar-refractivity contribution < 1.29 is 9.53 Å². The minimum Gasteiger partial charge on any atom is -0.376 e. The van der Waals surface area contributed by atoms with Crippen LogP contribution in [0.2, 0.25) is 0 Å². The summed E-state index contributed by atoms with van der Waals surface area (Å²) in [6, 6.07) is 20.2. The normalized spacial score (nSPS) is 20.9. The van der Waals surface area contributed by atoms with Crippen LogP contribution in [0.5, 0.6) is 0 Å². The summed E-state index contributed by atoms with van der Waals surface area (Å²) >= 11 is 0. The van der Waals surface area contributed by atoms with Crippen molar-refractivity contribution in [3.8, 4) is 0 Å². The Balaban J connectivity index is 1.73. The second kappa shape index (κ2) is 6.06. The maximum absolute atomic E-state index is 11.7. The molecule has 1 aliphatic carbocycles. The molecule has 21 heavy (non-hydrogen) atoms. The van der Waals surface area contributed by atoms with Crippen molar-refractivity contribution in [1.82, 2.24) is 0 Å². The van der Waals surface area contributed by atoms with Crippen LogP contribution in [-0.4, -0.2) is 12.4 Å². The number of allylic oxidation sites excluding steroid dienone is 1. The second-order valence-electron chi connectivity index (χ2n) is 5.48. The highest BCUT2D eigenvalue weighted by Crippen LogP contribution is 2.35. The van der Waals surface area contributed by atoms with Crippen LogP contribution in [0, 0.1) is 0 Å². The van der Waals surface area contributed by atoms with Crippen LogP contribution in [0.1, 0.15) is 17.5 Å². The van der Waals surface area contributed by atoms with Crippen LogP contribution in [0.3, 0.4) is 0 Å². The molecule has 0 amide bonds. The highest BCUT2D eigenvalue weighted by molar-refractivity contribution is 5.94. The van der Waals surface area contributed by atoms with E-state index in [1.165, 1.54) is 0 Å². The van der Waals surface area contributed by atoms with Crippen molar-refractivity contribution in [2.24, 2.45) is 0 Å². The molecule has 0 aromatic heterocycles. The van der Waals surface area contributed by atoms with Gasteiger partial charge in [0.2, 0.25) is 0 Å². The van der Waals surface area contributed by atoms with Crippen LogP contribution in [0.15, 0.2) is 72.8 Å². The van der Waals surface area contributed by atoms with Crippen LogP contribution >= 0.6 is 0 Å². The van der Waals surface area contributed by atoms with Gasteiger partial charge in [-0.3, -0.25) is 4.79 Å². The molecule has 1 atom stereocenters. The molecule has 1 aliphatic rings. The number of carbonyl (C=O) groups is 1. The molecule has 0 spiro atoms. The Labute approximate surface area is 125 Å². The maximum atomic E-state index is 11.7. The van der Waals surface area contributed by atoms with Gasteiger partial charge in [-0.1, -0.05) is 66.7 Å². The second-order valence-corrected chi connectivity index (χ2v) is 5.48. The molecule has 0 saturated carbocycles. The summed E-state index contributed by atoms with van der Waals surface area (Å²) in [5, 5.41) is 0. The van der Waals surface area contributed by atoms with E-state index in [1.807, 2.05) is 54.6 Å². The molecule has 0 bridgehead atoms. The molecule has 2 nitrogen and oxygen atoms in total. The fourth-order valence-corrected chi connectivity index (χ4v) is 2.76. The van der Waals surface area contributed by atoms with Gasteiger partial charge in [-0.2, -0.15) is 0 Å². The van der Waals surface area contributed by atoms with Gasteiger partial charge in [-0.25, -0.2) is 0 Å². The first-order valence-corrected chi connectivity index (χ1v) is 7.18. The Morgan fingerprint density at radius 1 is 0.952 bits per heavy atom. The fraction of sp³-hybridized carbons (Fsp3) is 0.211. The average Bonchev–Trinajstić information content (AvgIpc) is 2.92. The van der Waals surface area contributed by atoms with Crippen molar-refractivity contribution >= 4 is 5.78 Å². The number of ether oxygens (including phenoxy) is 1. The van der Waals surface area contributed by atoms with Crippen LogP contribution in [0.25, 0.3) is 0 Å². The van der Waals surface area contributed by atoms with Gasteiger partial charge in [0.15, 0.2) is 5.78 Å². The van der Waals surface area contributed by atoms with E-state index in [2.05, 4.69) is 12.1 Å². The number of hydrogen-bond donors (Lipinski definition) is 0. The highest BCUT2D eigenvalue weighted by atomic mass is 16.5. The van der Waals surface area contributed by atoms with Gasteiger partial charge in [0.1, 0.15) is 0 Å². The molecule has 2 aromatic rings. The van der Waals surface area contributed by atoms with Crippen LogP contribution in [0.4, 0.5) is 0 Å². The predicted octanol–water partition coefficient (Wildman–Crippen LogP) is 3.67. The lowest BCUT2D eigenvalue weighted by Gasteiger charge is -2.27. The van der Waals surface area contributed by atoms with E-state index in [0.717, 1.165) is 11.1 Å². The lowest BCUT2D eigenvalue weighted by atomic mass is 9.81. The largest absolute Gasteiger partial charge is 0.376 e. The Morgan fingerprint density at radius 3 is 2.24 bits per heavy atom. The Kier molecular flexibility index (Phi) is 3.98. The summed E-state index contributed by atoms with van der Waals surface area (Å²) in [5.41, 5.74) is 1.97. The smallest absolute Gasteiger partial charge is 0.156 e. The monoisotopic (exact) mass is 278 g/mol. The number of ketones is 1. The Bertz CT molecular complexity index is 631. The number of carbonyl (C=O) groups excluding carboxylic acids is 1. The molecule has 2 aromatic carbocycles. The molecule has 0 fully saturated rings. The summed E-state index contributed by atoms with van der Waals surface area (Å²) < 4.78 is 5.91. The van der Waals surface area contributed by atoms with Crippen molar-refractivity contribution in [3.63, 3.8) is 0 Å². The molecule has 0 heterocycles. The van der Waals surface area contributed by atoms with E-state index >= 15 is 0 Å². The first-order valence-electron chi connectivity index (χ1n) is 7.18. The molecular formula is C19H18O2. The number of benzene rings is 2. The summed E-state index contributed by atoms with van der Waals surface area (Å²) in [4.78, 5) is 11.7. The average molecular weight is 278 g/mol. The van der Waals surface area contributed by atoms with Crippen molar-refractivity contribution in [2.75, 3.05) is 6.61 Å².